The highest BCUT2D eigenvalue weighted by molar-refractivity contribution is 5.81. The second-order valence-corrected chi connectivity index (χ2v) is 7.29. The summed E-state index contributed by atoms with van der Waals surface area (Å²) in [6.07, 6.45) is 3.49. The van der Waals surface area contributed by atoms with E-state index in [1.807, 2.05) is 30.3 Å². The summed E-state index contributed by atoms with van der Waals surface area (Å²) in [5.41, 5.74) is 0.953. The largest absolute Gasteiger partial charge is 0.445 e. The fourth-order valence-corrected chi connectivity index (χ4v) is 3.98. The molecule has 2 aliphatic rings. The molecule has 2 atom stereocenters. The van der Waals surface area contributed by atoms with Gasteiger partial charge in [0, 0.05) is 18.8 Å². The topological polar surface area (TPSA) is 79.6 Å². The fourth-order valence-electron chi connectivity index (χ4n) is 3.98. The van der Waals surface area contributed by atoms with Gasteiger partial charge in [-0.3, -0.25) is 9.69 Å². The number of hydrogen-bond acceptors (Lipinski definition) is 5. The third-order valence-electron chi connectivity index (χ3n) is 5.35. The number of rotatable bonds is 7. The van der Waals surface area contributed by atoms with E-state index in [-0.39, 0.29) is 36.5 Å². The first-order valence-electron chi connectivity index (χ1n) is 9.65. The van der Waals surface area contributed by atoms with Gasteiger partial charge in [0.1, 0.15) is 12.4 Å². The Kier molecular flexibility index (Phi) is 6.83. The van der Waals surface area contributed by atoms with Gasteiger partial charge in [-0.15, -0.1) is 0 Å². The molecule has 1 aromatic carbocycles. The molecule has 0 aliphatic carbocycles. The summed E-state index contributed by atoms with van der Waals surface area (Å²) in [6.45, 7) is 1.15. The monoisotopic (exact) mass is 370 g/mol. The van der Waals surface area contributed by atoms with Crippen molar-refractivity contribution in [2.45, 2.75) is 57.2 Å². The molecule has 2 aliphatic heterocycles. The minimum absolute atomic E-state index is 0.0239. The predicted octanol–water partition coefficient (Wildman–Crippen LogP) is 3.46. The number of carbonyl (C=O) groups excluding carboxylic acids is 2. The predicted molar refractivity (Wildman–Crippen MR) is 98.7 cm³/mol. The van der Waals surface area contributed by atoms with Crippen LogP contribution in [0.1, 0.15) is 44.1 Å². The van der Waals surface area contributed by atoms with E-state index in [4.69, 9.17) is 14.7 Å². The molecule has 6 heteroatoms. The Balaban J connectivity index is 1.54. The molecule has 6 nitrogen and oxygen atoms in total. The van der Waals surface area contributed by atoms with E-state index in [2.05, 4.69) is 6.07 Å². The van der Waals surface area contributed by atoms with Gasteiger partial charge in [0.05, 0.1) is 31.4 Å². The third kappa shape index (κ3) is 5.08. The third-order valence-corrected chi connectivity index (χ3v) is 5.35. The maximum absolute atomic E-state index is 12.6. The molecule has 2 fully saturated rings. The van der Waals surface area contributed by atoms with Crippen LogP contribution in [-0.4, -0.2) is 42.1 Å². The summed E-state index contributed by atoms with van der Waals surface area (Å²) in [5, 5.41) is 8.59. The van der Waals surface area contributed by atoms with Crippen molar-refractivity contribution in [1.82, 2.24) is 4.90 Å². The number of benzene rings is 1. The number of morpholine rings is 1. The molecule has 0 spiro atoms. The molecule has 1 amide bonds. The number of Topliss-reactive ketones (excluding diaryl/α,β-unsaturated/α-hetero) is 1. The Hall–Kier alpha value is -2.39. The zero-order valence-electron chi connectivity index (χ0n) is 15.5. The molecule has 1 aromatic rings. The van der Waals surface area contributed by atoms with E-state index in [9.17, 15) is 9.59 Å². The summed E-state index contributed by atoms with van der Waals surface area (Å²) in [7, 11) is 0. The standard InChI is InChI=1S/C21H26N2O4/c22-10-6-2-5-9-20(24)17-11-18-14-26-15-19(12-17)23(18)21(25)27-13-16-7-3-1-4-8-16/h1,3-4,7-8,17-19H,2,5-6,9,11-15H2. The van der Waals surface area contributed by atoms with Crippen LogP contribution in [0.15, 0.2) is 30.3 Å². The Morgan fingerprint density at radius 2 is 1.85 bits per heavy atom. The number of ether oxygens (including phenoxy) is 2. The summed E-state index contributed by atoms with van der Waals surface area (Å²) >= 11 is 0. The van der Waals surface area contributed by atoms with Crippen molar-refractivity contribution in [3.8, 4) is 6.07 Å². The summed E-state index contributed by atoms with van der Waals surface area (Å²) < 4.78 is 11.1. The van der Waals surface area contributed by atoms with Crippen molar-refractivity contribution >= 4 is 11.9 Å². The molecule has 2 bridgehead atoms. The van der Waals surface area contributed by atoms with Crippen molar-refractivity contribution < 1.29 is 19.1 Å². The summed E-state index contributed by atoms with van der Waals surface area (Å²) in [5.74, 6) is 0.228. The van der Waals surface area contributed by atoms with Crippen LogP contribution in [0, 0.1) is 17.2 Å². The first kappa shape index (κ1) is 19.4. The number of nitriles is 1. The summed E-state index contributed by atoms with van der Waals surface area (Å²) in [6, 6.07) is 11.5. The van der Waals surface area contributed by atoms with E-state index >= 15 is 0 Å². The number of piperidine rings is 1. The number of hydrogen-bond donors (Lipinski definition) is 0. The van der Waals surface area contributed by atoms with Crippen molar-refractivity contribution in [2.75, 3.05) is 13.2 Å². The van der Waals surface area contributed by atoms with Crippen LogP contribution >= 0.6 is 0 Å². The molecule has 0 radical (unpaired) electrons. The zero-order chi connectivity index (χ0) is 19.1. The first-order chi connectivity index (χ1) is 13.2. The zero-order valence-corrected chi connectivity index (χ0v) is 15.5. The number of ketones is 1. The first-order valence-corrected chi connectivity index (χ1v) is 9.65. The van der Waals surface area contributed by atoms with E-state index in [1.165, 1.54) is 0 Å². The Morgan fingerprint density at radius 3 is 2.52 bits per heavy atom. The molecule has 2 heterocycles. The quantitative estimate of drug-likeness (QED) is 0.687. The van der Waals surface area contributed by atoms with E-state index in [1.54, 1.807) is 4.90 Å². The van der Waals surface area contributed by atoms with Gasteiger partial charge in [-0.1, -0.05) is 30.3 Å². The van der Waals surface area contributed by atoms with Gasteiger partial charge in [-0.05, 0) is 31.2 Å². The van der Waals surface area contributed by atoms with Gasteiger partial charge in [-0.25, -0.2) is 4.79 Å². The lowest BCUT2D eigenvalue weighted by molar-refractivity contribution is -0.131. The van der Waals surface area contributed by atoms with Gasteiger partial charge in [0.15, 0.2) is 0 Å². The average molecular weight is 370 g/mol. The minimum atomic E-state index is -0.322. The normalized spacial score (nSPS) is 24.1. The van der Waals surface area contributed by atoms with E-state index < -0.39 is 0 Å². The van der Waals surface area contributed by atoms with Gasteiger partial charge in [-0.2, -0.15) is 5.26 Å². The maximum atomic E-state index is 12.6. The van der Waals surface area contributed by atoms with E-state index in [0.29, 0.717) is 38.9 Å². The van der Waals surface area contributed by atoms with Crippen molar-refractivity contribution in [3.63, 3.8) is 0 Å². The number of unbranched alkanes of at least 4 members (excludes halogenated alkanes) is 2. The molecule has 0 aromatic heterocycles. The van der Waals surface area contributed by atoms with Crippen LogP contribution in [0.3, 0.4) is 0 Å². The van der Waals surface area contributed by atoms with Crippen LogP contribution in [-0.2, 0) is 20.9 Å². The number of fused-ring (bicyclic) bond motifs is 2. The molecule has 144 valence electrons. The smallest absolute Gasteiger partial charge is 0.410 e. The van der Waals surface area contributed by atoms with Crippen LogP contribution in [0.2, 0.25) is 0 Å². The highest BCUT2D eigenvalue weighted by Crippen LogP contribution is 2.33. The van der Waals surface area contributed by atoms with Crippen LogP contribution in [0.5, 0.6) is 0 Å². The van der Waals surface area contributed by atoms with Crippen LogP contribution in [0.4, 0.5) is 4.79 Å². The average Bonchev–Trinajstić information content (AvgIpc) is 2.69. The highest BCUT2D eigenvalue weighted by Gasteiger charge is 2.44. The van der Waals surface area contributed by atoms with E-state index in [0.717, 1.165) is 18.4 Å². The van der Waals surface area contributed by atoms with Gasteiger partial charge >= 0.3 is 6.09 Å². The minimum Gasteiger partial charge on any atom is -0.445 e. The van der Waals surface area contributed by atoms with Crippen molar-refractivity contribution in [1.29, 1.82) is 5.26 Å². The Labute approximate surface area is 160 Å². The summed E-state index contributed by atoms with van der Waals surface area (Å²) in [4.78, 5) is 26.9. The molecule has 3 rings (SSSR count). The molecule has 2 saturated heterocycles. The molecule has 2 unspecified atom stereocenters. The SMILES string of the molecule is N#CCCCCC(=O)C1CC2COCC(C1)N2C(=O)OCc1ccccc1. The number of carbonyl (C=O) groups is 2. The van der Waals surface area contributed by atoms with Gasteiger partial charge in [0.2, 0.25) is 0 Å². The van der Waals surface area contributed by atoms with Crippen LogP contribution in [0.25, 0.3) is 0 Å². The second-order valence-electron chi connectivity index (χ2n) is 7.29. The fraction of sp³-hybridized carbons (Fsp3) is 0.571. The Morgan fingerprint density at radius 1 is 1.15 bits per heavy atom. The van der Waals surface area contributed by atoms with Gasteiger partial charge < -0.3 is 9.47 Å². The molecular weight excluding hydrogens is 344 g/mol. The molecular formula is C21H26N2O4. The maximum Gasteiger partial charge on any atom is 0.410 e. The lowest BCUT2D eigenvalue weighted by Gasteiger charge is -2.47. The second kappa shape index (κ2) is 9.52. The van der Waals surface area contributed by atoms with Crippen molar-refractivity contribution in [2.24, 2.45) is 5.92 Å². The molecule has 0 saturated carbocycles. The lowest BCUT2D eigenvalue weighted by atomic mass is 9.81. The van der Waals surface area contributed by atoms with Crippen LogP contribution < -0.4 is 0 Å². The molecule has 27 heavy (non-hydrogen) atoms. The lowest BCUT2D eigenvalue weighted by Crippen LogP contribution is -2.59. The van der Waals surface area contributed by atoms with Gasteiger partial charge in [0.25, 0.3) is 0 Å². The number of nitrogens with zero attached hydrogens (tertiary/aromatic N) is 2. The molecule has 0 N–H and O–H groups in total. The van der Waals surface area contributed by atoms with Crippen molar-refractivity contribution in [3.05, 3.63) is 35.9 Å². The number of amides is 1. The highest BCUT2D eigenvalue weighted by atomic mass is 16.6. The Bertz CT molecular complexity index is 671.